The highest BCUT2D eigenvalue weighted by Gasteiger charge is 2.57. The Morgan fingerprint density at radius 3 is 1.74 bits per heavy atom. The summed E-state index contributed by atoms with van der Waals surface area (Å²) in [6.07, 6.45) is -8.45. The molecule has 0 spiro atoms. The molecule has 5 atom stereocenters. The molecule has 1 saturated heterocycles. The zero-order chi connectivity index (χ0) is 25.2. The van der Waals surface area contributed by atoms with E-state index in [1.54, 1.807) is 12.1 Å². The van der Waals surface area contributed by atoms with Gasteiger partial charge in [0, 0.05) is 20.8 Å². The van der Waals surface area contributed by atoms with Gasteiger partial charge in [-0.2, -0.15) is 0 Å². The van der Waals surface area contributed by atoms with Crippen LogP contribution >= 0.6 is 0 Å². The van der Waals surface area contributed by atoms with Gasteiger partial charge in [0.05, 0.1) is 18.2 Å². The van der Waals surface area contributed by atoms with Gasteiger partial charge in [-0.1, -0.05) is 12.1 Å². The maximum Gasteiger partial charge on any atom is 0.339 e. The Morgan fingerprint density at radius 2 is 1.26 bits per heavy atom. The first-order chi connectivity index (χ1) is 16.0. The lowest BCUT2D eigenvalue weighted by Gasteiger charge is -2.43. The molecular weight excluding hydrogens is 458 g/mol. The van der Waals surface area contributed by atoms with Gasteiger partial charge in [-0.3, -0.25) is 24.0 Å². The summed E-state index contributed by atoms with van der Waals surface area (Å²) < 4.78 is 25.7. The number of hydrogen-bond acceptors (Lipinski definition) is 12. The second kappa shape index (κ2) is 9.97. The van der Waals surface area contributed by atoms with Crippen molar-refractivity contribution in [1.29, 1.82) is 0 Å². The van der Waals surface area contributed by atoms with Crippen LogP contribution in [0.15, 0.2) is 24.3 Å². The largest absolute Gasteiger partial charge is 0.467 e. The van der Waals surface area contributed by atoms with E-state index < -0.39 is 66.4 Å². The summed E-state index contributed by atoms with van der Waals surface area (Å²) in [5.74, 6) is -5.39. The molecule has 0 saturated carbocycles. The quantitative estimate of drug-likeness (QED) is 0.303. The number of esters is 4. The summed E-state index contributed by atoms with van der Waals surface area (Å²) in [5.41, 5.74) is 0.0948. The number of hydrogen-bond donors (Lipinski definition) is 0. The SMILES string of the molecule is COC(=O)[C@H]1O[C@@H](ON2C(=O)c3ccccc3C2=O)[C@H](OC(C)=O)[C@@H](OC(C)=O)[C@@H]1OC(C)=O. The lowest BCUT2D eigenvalue weighted by molar-refractivity contribution is -0.334. The molecule has 1 aromatic rings. The molecule has 0 bridgehead atoms. The number of rotatable bonds is 6. The number of hydroxylamine groups is 2. The number of ether oxygens (including phenoxy) is 5. The van der Waals surface area contributed by atoms with Crippen LogP contribution in [-0.2, 0) is 47.7 Å². The summed E-state index contributed by atoms with van der Waals surface area (Å²) in [6.45, 7) is 3.08. The molecule has 0 aromatic heterocycles. The van der Waals surface area contributed by atoms with E-state index >= 15 is 0 Å². The standard InChI is InChI=1S/C21H21NO12/c1-9(23)30-14-15(31-10(2)24)17(32-11(3)25)21(33-16(14)20(28)29-4)34-22-18(26)12-7-5-6-8-13(12)19(22)27/h5-8,14-17,21H,1-4H3/t14-,15-,16-,17+,21-/m0/s1. The van der Waals surface area contributed by atoms with Gasteiger partial charge in [0.25, 0.3) is 11.8 Å². The van der Waals surface area contributed by atoms with Crippen LogP contribution < -0.4 is 0 Å². The summed E-state index contributed by atoms with van der Waals surface area (Å²) in [4.78, 5) is 78.6. The molecule has 2 heterocycles. The number of methoxy groups -OCH3 is 1. The van der Waals surface area contributed by atoms with E-state index in [1.165, 1.54) is 12.1 Å². The van der Waals surface area contributed by atoms with E-state index in [2.05, 4.69) is 4.74 Å². The van der Waals surface area contributed by atoms with Crippen molar-refractivity contribution in [2.45, 2.75) is 51.5 Å². The van der Waals surface area contributed by atoms with Gasteiger partial charge in [0.15, 0.2) is 24.4 Å². The van der Waals surface area contributed by atoms with E-state index in [0.29, 0.717) is 5.06 Å². The van der Waals surface area contributed by atoms with Crippen molar-refractivity contribution < 1.29 is 57.3 Å². The highest BCUT2D eigenvalue weighted by atomic mass is 16.8. The summed E-state index contributed by atoms with van der Waals surface area (Å²) >= 11 is 0. The number of imide groups is 1. The fraction of sp³-hybridized carbons (Fsp3) is 0.429. The van der Waals surface area contributed by atoms with Crippen LogP contribution in [0.4, 0.5) is 0 Å². The van der Waals surface area contributed by atoms with Gasteiger partial charge in [-0.25, -0.2) is 9.63 Å². The number of nitrogens with zero attached hydrogens (tertiary/aromatic N) is 1. The fourth-order valence-corrected chi connectivity index (χ4v) is 3.53. The third kappa shape index (κ3) is 4.89. The molecule has 3 rings (SSSR count). The molecule has 2 amide bonds. The van der Waals surface area contributed by atoms with Crippen LogP contribution in [-0.4, -0.2) is 78.6 Å². The normalized spacial score (nSPS) is 25.9. The minimum Gasteiger partial charge on any atom is -0.467 e. The van der Waals surface area contributed by atoms with Crippen molar-refractivity contribution >= 4 is 35.7 Å². The molecule has 0 unspecified atom stereocenters. The van der Waals surface area contributed by atoms with Crippen LogP contribution in [0.1, 0.15) is 41.5 Å². The van der Waals surface area contributed by atoms with E-state index in [0.717, 1.165) is 27.9 Å². The zero-order valence-corrected chi connectivity index (χ0v) is 18.5. The molecule has 2 aliphatic heterocycles. The number of fused-ring (bicyclic) bond motifs is 1. The Kier molecular flexibility index (Phi) is 7.27. The fourth-order valence-electron chi connectivity index (χ4n) is 3.53. The third-order valence-corrected chi connectivity index (χ3v) is 4.80. The third-order valence-electron chi connectivity index (χ3n) is 4.80. The monoisotopic (exact) mass is 479 g/mol. The Balaban J connectivity index is 2.01. The lowest BCUT2D eigenvalue weighted by Crippen LogP contribution is -2.64. The number of carbonyl (C=O) groups is 6. The molecule has 182 valence electrons. The van der Waals surface area contributed by atoms with E-state index in [-0.39, 0.29) is 11.1 Å². The molecule has 0 N–H and O–H groups in total. The van der Waals surface area contributed by atoms with Crippen molar-refractivity contribution in [3.8, 4) is 0 Å². The first-order valence-electron chi connectivity index (χ1n) is 9.94. The van der Waals surface area contributed by atoms with Crippen molar-refractivity contribution in [2.24, 2.45) is 0 Å². The first-order valence-corrected chi connectivity index (χ1v) is 9.94. The highest BCUT2D eigenvalue weighted by molar-refractivity contribution is 6.20. The van der Waals surface area contributed by atoms with Crippen molar-refractivity contribution in [2.75, 3.05) is 7.11 Å². The number of benzene rings is 1. The average Bonchev–Trinajstić information content (AvgIpc) is 3.01. The van der Waals surface area contributed by atoms with Crippen LogP contribution in [0.2, 0.25) is 0 Å². The van der Waals surface area contributed by atoms with Gasteiger partial charge in [0.1, 0.15) is 0 Å². The molecule has 0 aliphatic carbocycles. The first kappa shape index (κ1) is 24.8. The van der Waals surface area contributed by atoms with Gasteiger partial charge in [-0.05, 0) is 12.1 Å². The number of carbonyl (C=O) groups excluding carboxylic acids is 6. The molecule has 2 aliphatic rings. The van der Waals surface area contributed by atoms with Crippen molar-refractivity contribution in [1.82, 2.24) is 5.06 Å². The van der Waals surface area contributed by atoms with Crippen LogP contribution in [0.5, 0.6) is 0 Å². The van der Waals surface area contributed by atoms with E-state index in [9.17, 15) is 28.8 Å². The Hall–Kier alpha value is -3.84. The average molecular weight is 479 g/mol. The maximum absolute atomic E-state index is 12.7. The molecule has 0 radical (unpaired) electrons. The zero-order valence-electron chi connectivity index (χ0n) is 18.5. The summed E-state index contributed by atoms with van der Waals surface area (Å²) in [6, 6.07) is 5.89. The second-order valence-corrected chi connectivity index (χ2v) is 7.23. The molecular formula is C21H21NO12. The van der Waals surface area contributed by atoms with Gasteiger partial charge >= 0.3 is 23.9 Å². The van der Waals surface area contributed by atoms with E-state index in [1.807, 2.05) is 0 Å². The lowest BCUT2D eigenvalue weighted by atomic mass is 9.98. The molecule has 13 nitrogen and oxygen atoms in total. The van der Waals surface area contributed by atoms with Gasteiger partial charge < -0.3 is 23.7 Å². The molecule has 1 aromatic carbocycles. The summed E-state index contributed by atoms with van der Waals surface area (Å²) in [7, 11) is 1.02. The highest BCUT2D eigenvalue weighted by Crippen LogP contribution is 2.32. The predicted octanol–water partition coefficient (Wildman–Crippen LogP) is -0.0928. The Labute approximate surface area is 192 Å². The molecule has 1 fully saturated rings. The smallest absolute Gasteiger partial charge is 0.339 e. The van der Waals surface area contributed by atoms with E-state index in [4.69, 9.17) is 23.8 Å². The van der Waals surface area contributed by atoms with Gasteiger partial charge in [-0.15, -0.1) is 5.06 Å². The topological polar surface area (TPSA) is 161 Å². The van der Waals surface area contributed by atoms with Crippen molar-refractivity contribution in [3.63, 3.8) is 0 Å². The van der Waals surface area contributed by atoms with Crippen LogP contribution in [0.25, 0.3) is 0 Å². The van der Waals surface area contributed by atoms with Gasteiger partial charge in [0.2, 0.25) is 6.29 Å². The maximum atomic E-state index is 12.7. The Morgan fingerprint density at radius 1 is 0.794 bits per heavy atom. The summed E-state index contributed by atoms with van der Waals surface area (Å²) in [5, 5.41) is 0.372. The van der Waals surface area contributed by atoms with Crippen LogP contribution in [0.3, 0.4) is 0 Å². The van der Waals surface area contributed by atoms with Crippen molar-refractivity contribution in [3.05, 3.63) is 35.4 Å². The molecule has 13 heteroatoms. The minimum atomic E-state index is -1.83. The second-order valence-electron chi connectivity index (χ2n) is 7.23. The number of amides is 2. The van der Waals surface area contributed by atoms with Crippen LogP contribution in [0, 0.1) is 0 Å². The minimum absolute atomic E-state index is 0.0474. The predicted molar refractivity (Wildman–Crippen MR) is 105 cm³/mol. The Bertz CT molecular complexity index is 1000. The molecule has 34 heavy (non-hydrogen) atoms.